The van der Waals surface area contributed by atoms with Gasteiger partial charge in [0.1, 0.15) is 5.03 Å². The number of nitro benzene ring substituents is 1. The summed E-state index contributed by atoms with van der Waals surface area (Å²) in [5.41, 5.74) is 1.68. The molecular weight excluding hydrogens is 408 g/mol. The molecule has 1 N–H and O–H groups in total. The van der Waals surface area contributed by atoms with E-state index in [-0.39, 0.29) is 17.3 Å². The molecule has 0 aliphatic heterocycles. The SMILES string of the molecule is COc1ccc(NC(=O)CSc2ccc(-c3cccc([N+](=O)[O-])c3)nn2)cc1OC. The fourth-order valence-electron chi connectivity index (χ4n) is 2.58. The summed E-state index contributed by atoms with van der Waals surface area (Å²) in [7, 11) is 3.06. The highest BCUT2D eigenvalue weighted by molar-refractivity contribution is 7.99. The number of ether oxygens (including phenoxy) is 2. The van der Waals surface area contributed by atoms with Crippen molar-refractivity contribution >= 4 is 29.0 Å². The molecule has 0 fully saturated rings. The highest BCUT2D eigenvalue weighted by atomic mass is 32.2. The van der Waals surface area contributed by atoms with Gasteiger partial charge in [-0.15, -0.1) is 10.2 Å². The van der Waals surface area contributed by atoms with Crippen LogP contribution in [-0.2, 0) is 4.79 Å². The number of benzene rings is 2. The lowest BCUT2D eigenvalue weighted by molar-refractivity contribution is -0.384. The van der Waals surface area contributed by atoms with Crippen molar-refractivity contribution in [3.05, 3.63) is 64.7 Å². The third kappa shape index (κ3) is 5.23. The van der Waals surface area contributed by atoms with Crippen LogP contribution in [0, 0.1) is 10.1 Å². The molecule has 0 bridgehead atoms. The lowest BCUT2D eigenvalue weighted by atomic mass is 10.1. The maximum atomic E-state index is 12.2. The molecule has 30 heavy (non-hydrogen) atoms. The van der Waals surface area contributed by atoms with Gasteiger partial charge in [-0.1, -0.05) is 23.9 Å². The number of anilines is 1. The van der Waals surface area contributed by atoms with Crippen molar-refractivity contribution in [2.45, 2.75) is 5.03 Å². The molecule has 0 unspecified atom stereocenters. The first-order valence-electron chi connectivity index (χ1n) is 8.73. The molecule has 0 spiro atoms. The molecule has 1 heterocycles. The summed E-state index contributed by atoms with van der Waals surface area (Å²) in [6.07, 6.45) is 0. The number of rotatable bonds is 8. The van der Waals surface area contributed by atoms with Crippen molar-refractivity contribution < 1.29 is 19.2 Å². The molecule has 3 aromatic rings. The van der Waals surface area contributed by atoms with Crippen LogP contribution in [0.3, 0.4) is 0 Å². The largest absolute Gasteiger partial charge is 0.493 e. The average molecular weight is 426 g/mol. The number of thioether (sulfide) groups is 1. The van der Waals surface area contributed by atoms with E-state index < -0.39 is 4.92 Å². The Kier molecular flexibility index (Phi) is 6.81. The zero-order chi connectivity index (χ0) is 21.5. The molecule has 0 saturated heterocycles. The van der Waals surface area contributed by atoms with E-state index in [1.54, 1.807) is 42.5 Å². The van der Waals surface area contributed by atoms with Gasteiger partial charge >= 0.3 is 0 Å². The maximum absolute atomic E-state index is 12.2. The van der Waals surface area contributed by atoms with Gasteiger partial charge in [-0.3, -0.25) is 14.9 Å². The van der Waals surface area contributed by atoms with E-state index in [0.717, 1.165) is 0 Å². The van der Waals surface area contributed by atoms with Crippen molar-refractivity contribution in [3.63, 3.8) is 0 Å². The first-order valence-corrected chi connectivity index (χ1v) is 9.72. The molecule has 0 aliphatic carbocycles. The highest BCUT2D eigenvalue weighted by Gasteiger charge is 2.11. The number of amides is 1. The standard InChI is InChI=1S/C20H18N4O5S/c1-28-17-8-6-14(11-18(17)29-2)21-19(25)12-30-20-9-7-16(22-23-20)13-4-3-5-15(10-13)24(26)27/h3-11H,12H2,1-2H3,(H,21,25). The second-order valence-corrected chi connectivity index (χ2v) is 6.97. The molecule has 0 aliphatic rings. The Bertz CT molecular complexity index is 1060. The number of aromatic nitrogens is 2. The topological polar surface area (TPSA) is 116 Å². The van der Waals surface area contributed by atoms with Crippen molar-refractivity contribution in [2.75, 3.05) is 25.3 Å². The van der Waals surface area contributed by atoms with E-state index in [9.17, 15) is 14.9 Å². The number of carbonyl (C=O) groups is 1. The second-order valence-electron chi connectivity index (χ2n) is 5.97. The zero-order valence-corrected chi connectivity index (χ0v) is 17.0. The Hall–Kier alpha value is -3.66. The number of nitro groups is 1. The van der Waals surface area contributed by atoms with E-state index in [2.05, 4.69) is 15.5 Å². The minimum absolute atomic E-state index is 0.0143. The van der Waals surface area contributed by atoms with E-state index in [1.807, 2.05) is 0 Å². The Morgan fingerprint density at radius 3 is 2.53 bits per heavy atom. The Balaban J connectivity index is 1.59. The van der Waals surface area contributed by atoms with Crippen molar-refractivity contribution in [1.29, 1.82) is 0 Å². The molecule has 9 nitrogen and oxygen atoms in total. The maximum Gasteiger partial charge on any atom is 0.270 e. The van der Waals surface area contributed by atoms with Crippen LogP contribution in [0.15, 0.2) is 59.6 Å². The second kappa shape index (κ2) is 9.70. The van der Waals surface area contributed by atoms with Gasteiger partial charge in [-0.2, -0.15) is 0 Å². The lowest BCUT2D eigenvalue weighted by Gasteiger charge is -2.10. The number of methoxy groups -OCH3 is 2. The summed E-state index contributed by atoms with van der Waals surface area (Å²) in [4.78, 5) is 22.7. The van der Waals surface area contributed by atoms with Gasteiger partial charge in [0.05, 0.1) is 30.6 Å². The summed E-state index contributed by atoms with van der Waals surface area (Å²) >= 11 is 1.23. The predicted octanol–water partition coefficient (Wildman–Crippen LogP) is 3.80. The normalized spacial score (nSPS) is 10.3. The van der Waals surface area contributed by atoms with E-state index in [1.165, 1.54) is 38.1 Å². The van der Waals surface area contributed by atoms with Crippen LogP contribution < -0.4 is 14.8 Å². The minimum Gasteiger partial charge on any atom is -0.493 e. The predicted molar refractivity (Wildman–Crippen MR) is 113 cm³/mol. The molecule has 154 valence electrons. The van der Waals surface area contributed by atoms with Crippen molar-refractivity contribution in [3.8, 4) is 22.8 Å². The number of hydrogen-bond acceptors (Lipinski definition) is 8. The smallest absolute Gasteiger partial charge is 0.270 e. The third-order valence-electron chi connectivity index (χ3n) is 4.01. The monoisotopic (exact) mass is 426 g/mol. The number of hydrogen-bond donors (Lipinski definition) is 1. The van der Waals surface area contributed by atoms with Crippen LogP contribution in [-0.4, -0.2) is 41.0 Å². The Labute approximate surface area is 176 Å². The number of nitrogens with zero attached hydrogens (tertiary/aromatic N) is 3. The average Bonchev–Trinajstić information content (AvgIpc) is 2.78. The summed E-state index contributed by atoms with van der Waals surface area (Å²) in [6, 6.07) is 14.7. The third-order valence-corrected chi connectivity index (χ3v) is 4.93. The Morgan fingerprint density at radius 1 is 1.07 bits per heavy atom. The van der Waals surface area contributed by atoms with Gasteiger partial charge in [-0.05, 0) is 24.3 Å². The molecule has 0 saturated carbocycles. The van der Waals surface area contributed by atoms with Crippen LogP contribution in [0.1, 0.15) is 0 Å². The number of carbonyl (C=O) groups excluding carboxylic acids is 1. The molecule has 1 aromatic heterocycles. The van der Waals surface area contributed by atoms with Gasteiger partial charge in [0.25, 0.3) is 5.69 Å². The molecule has 3 rings (SSSR count). The summed E-state index contributed by atoms with van der Waals surface area (Å²) in [5.74, 6) is 1.02. The lowest BCUT2D eigenvalue weighted by Crippen LogP contribution is -2.14. The van der Waals surface area contributed by atoms with E-state index >= 15 is 0 Å². The van der Waals surface area contributed by atoms with E-state index in [4.69, 9.17) is 9.47 Å². The van der Waals surface area contributed by atoms with Gasteiger partial charge in [0, 0.05) is 29.4 Å². The fourth-order valence-corrected chi connectivity index (χ4v) is 3.19. The van der Waals surface area contributed by atoms with Crippen LogP contribution >= 0.6 is 11.8 Å². The van der Waals surface area contributed by atoms with Crippen molar-refractivity contribution in [1.82, 2.24) is 10.2 Å². The van der Waals surface area contributed by atoms with Crippen LogP contribution in [0.2, 0.25) is 0 Å². The molecule has 2 aromatic carbocycles. The number of nitrogens with one attached hydrogen (secondary N) is 1. The molecule has 10 heteroatoms. The minimum atomic E-state index is -0.460. The van der Waals surface area contributed by atoms with Gasteiger partial charge < -0.3 is 14.8 Å². The highest BCUT2D eigenvalue weighted by Crippen LogP contribution is 2.30. The zero-order valence-electron chi connectivity index (χ0n) is 16.2. The molecule has 0 atom stereocenters. The summed E-state index contributed by atoms with van der Waals surface area (Å²) in [5, 5.41) is 22.4. The quantitative estimate of drug-likeness (QED) is 0.328. The molecule has 0 radical (unpaired) electrons. The fraction of sp³-hybridized carbons (Fsp3) is 0.150. The summed E-state index contributed by atoms with van der Waals surface area (Å²) in [6.45, 7) is 0. The molecular formula is C20H18N4O5S. The van der Waals surface area contributed by atoms with Gasteiger partial charge in [-0.25, -0.2) is 0 Å². The molecule has 1 amide bonds. The van der Waals surface area contributed by atoms with Gasteiger partial charge in [0.2, 0.25) is 5.91 Å². The van der Waals surface area contributed by atoms with Crippen LogP contribution in [0.25, 0.3) is 11.3 Å². The first kappa shape index (κ1) is 21.1. The summed E-state index contributed by atoms with van der Waals surface area (Å²) < 4.78 is 10.4. The van der Waals surface area contributed by atoms with E-state index in [0.29, 0.717) is 33.5 Å². The first-order chi connectivity index (χ1) is 14.5. The van der Waals surface area contributed by atoms with Crippen molar-refractivity contribution in [2.24, 2.45) is 0 Å². The van der Waals surface area contributed by atoms with Crippen LogP contribution in [0.4, 0.5) is 11.4 Å². The van der Waals surface area contributed by atoms with Crippen LogP contribution in [0.5, 0.6) is 11.5 Å². The number of non-ortho nitro benzene ring substituents is 1. The Morgan fingerprint density at radius 2 is 1.87 bits per heavy atom. The van der Waals surface area contributed by atoms with Gasteiger partial charge in [0.15, 0.2) is 11.5 Å².